The molecule has 0 aromatic rings. The summed E-state index contributed by atoms with van der Waals surface area (Å²) in [4.78, 5) is 0. The van der Waals surface area contributed by atoms with Gasteiger partial charge in [0.2, 0.25) is 0 Å². The number of oxime groups is 1. The van der Waals surface area contributed by atoms with Crippen LogP contribution < -0.4 is 5.73 Å². The highest BCUT2D eigenvalue weighted by molar-refractivity contribution is 7.99. The fraction of sp³-hybridized carbons (Fsp3) is 0.917. The van der Waals surface area contributed by atoms with Crippen molar-refractivity contribution in [3.63, 3.8) is 0 Å². The van der Waals surface area contributed by atoms with Gasteiger partial charge >= 0.3 is 0 Å². The number of rotatable bonds is 7. The molecule has 3 N–H and O–H groups in total. The maximum Gasteiger partial charge on any atom is 0.144 e. The van der Waals surface area contributed by atoms with Crippen molar-refractivity contribution in [2.45, 2.75) is 45.6 Å². The Morgan fingerprint density at radius 3 is 2.94 bits per heavy atom. The minimum absolute atomic E-state index is 0.209. The standard InChI is InChI=1S/C12H24N2O2S/c1-12(2,11(13)14-15)6-4-8-17-9-10-5-3-7-16-10/h10,15H,3-9H2,1-2H3,(H2,13,14). The first-order valence-electron chi connectivity index (χ1n) is 6.23. The molecule has 17 heavy (non-hydrogen) atoms. The van der Waals surface area contributed by atoms with Crippen LogP contribution in [-0.4, -0.2) is 35.3 Å². The summed E-state index contributed by atoms with van der Waals surface area (Å²) in [7, 11) is 0. The second-order valence-electron chi connectivity index (χ2n) is 5.18. The molecule has 0 saturated carbocycles. The van der Waals surface area contributed by atoms with Crippen LogP contribution >= 0.6 is 11.8 Å². The molecule has 0 radical (unpaired) electrons. The lowest BCUT2D eigenvalue weighted by molar-refractivity contribution is 0.129. The summed E-state index contributed by atoms with van der Waals surface area (Å²) in [5.74, 6) is 2.54. The number of nitrogens with two attached hydrogens (primary N) is 1. The average Bonchev–Trinajstić information content (AvgIpc) is 2.80. The lowest BCUT2D eigenvalue weighted by atomic mass is 9.87. The van der Waals surface area contributed by atoms with Crippen molar-refractivity contribution in [3.05, 3.63) is 0 Å². The Morgan fingerprint density at radius 1 is 1.59 bits per heavy atom. The van der Waals surface area contributed by atoms with Crippen LogP contribution in [0.3, 0.4) is 0 Å². The number of amidine groups is 1. The molecule has 1 rings (SSSR count). The van der Waals surface area contributed by atoms with Gasteiger partial charge in [0.15, 0.2) is 0 Å². The number of thioether (sulfide) groups is 1. The van der Waals surface area contributed by atoms with E-state index in [9.17, 15) is 0 Å². The van der Waals surface area contributed by atoms with Gasteiger partial charge in [-0.1, -0.05) is 19.0 Å². The molecule has 1 unspecified atom stereocenters. The lowest BCUT2D eigenvalue weighted by Gasteiger charge is -2.22. The molecule has 1 atom stereocenters. The molecule has 0 amide bonds. The topological polar surface area (TPSA) is 67.8 Å². The molecular formula is C12H24N2O2S. The van der Waals surface area contributed by atoms with Gasteiger partial charge in [-0.3, -0.25) is 0 Å². The number of ether oxygens (including phenoxy) is 1. The first kappa shape index (κ1) is 14.6. The fourth-order valence-corrected chi connectivity index (χ4v) is 2.91. The summed E-state index contributed by atoms with van der Waals surface area (Å²) in [6, 6.07) is 0. The first-order chi connectivity index (χ1) is 8.06. The number of nitrogens with zero attached hydrogens (tertiary/aromatic N) is 1. The van der Waals surface area contributed by atoms with Crippen molar-refractivity contribution in [2.75, 3.05) is 18.1 Å². The van der Waals surface area contributed by atoms with Gasteiger partial charge in [0.05, 0.1) is 6.10 Å². The quantitative estimate of drug-likeness (QED) is 0.242. The van der Waals surface area contributed by atoms with E-state index in [1.807, 2.05) is 25.6 Å². The molecule has 0 spiro atoms. The second kappa shape index (κ2) is 7.11. The highest BCUT2D eigenvalue weighted by atomic mass is 32.2. The Hall–Kier alpha value is -0.420. The summed E-state index contributed by atoms with van der Waals surface area (Å²) in [6.45, 7) is 4.95. The Balaban J connectivity index is 2.07. The van der Waals surface area contributed by atoms with E-state index < -0.39 is 0 Å². The summed E-state index contributed by atoms with van der Waals surface area (Å²) >= 11 is 1.94. The van der Waals surface area contributed by atoms with E-state index in [0.717, 1.165) is 31.0 Å². The molecule has 1 aliphatic rings. The molecule has 4 nitrogen and oxygen atoms in total. The van der Waals surface area contributed by atoms with Gasteiger partial charge in [-0.15, -0.1) is 0 Å². The SMILES string of the molecule is CC(C)(CCCSCC1CCCO1)C(N)=NO. The van der Waals surface area contributed by atoms with Crippen LogP contribution in [0, 0.1) is 5.41 Å². The van der Waals surface area contributed by atoms with Crippen molar-refractivity contribution in [3.8, 4) is 0 Å². The largest absolute Gasteiger partial charge is 0.409 e. The smallest absolute Gasteiger partial charge is 0.144 e. The zero-order valence-electron chi connectivity index (χ0n) is 10.8. The maximum absolute atomic E-state index is 8.66. The van der Waals surface area contributed by atoms with Crippen LogP contribution in [0.2, 0.25) is 0 Å². The lowest BCUT2D eigenvalue weighted by Crippen LogP contribution is -2.31. The van der Waals surface area contributed by atoms with E-state index in [1.165, 1.54) is 12.8 Å². The predicted octanol–water partition coefficient (Wildman–Crippen LogP) is 2.45. The van der Waals surface area contributed by atoms with Gasteiger partial charge in [0.1, 0.15) is 5.84 Å². The predicted molar refractivity (Wildman–Crippen MR) is 72.7 cm³/mol. The summed E-state index contributed by atoms with van der Waals surface area (Å²) in [5.41, 5.74) is 5.43. The van der Waals surface area contributed by atoms with Gasteiger partial charge in [0, 0.05) is 17.8 Å². The summed E-state index contributed by atoms with van der Waals surface area (Å²) < 4.78 is 5.56. The third-order valence-electron chi connectivity index (χ3n) is 3.22. The van der Waals surface area contributed by atoms with Crippen molar-refractivity contribution < 1.29 is 9.94 Å². The van der Waals surface area contributed by atoms with Crippen LogP contribution in [0.25, 0.3) is 0 Å². The van der Waals surface area contributed by atoms with Gasteiger partial charge < -0.3 is 15.7 Å². The molecule has 1 saturated heterocycles. The highest BCUT2D eigenvalue weighted by Crippen LogP contribution is 2.24. The monoisotopic (exact) mass is 260 g/mol. The average molecular weight is 260 g/mol. The number of hydrogen-bond acceptors (Lipinski definition) is 4. The zero-order valence-corrected chi connectivity index (χ0v) is 11.6. The van der Waals surface area contributed by atoms with Crippen LogP contribution in [0.1, 0.15) is 39.5 Å². The first-order valence-corrected chi connectivity index (χ1v) is 7.39. The molecule has 5 heteroatoms. The van der Waals surface area contributed by atoms with E-state index in [0.29, 0.717) is 11.9 Å². The minimum Gasteiger partial charge on any atom is -0.409 e. The third-order valence-corrected chi connectivity index (χ3v) is 4.40. The minimum atomic E-state index is -0.209. The highest BCUT2D eigenvalue weighted by Gasteiger charge is 2.23. The maximum atomic E-state index is 8.66. The van der Waals surface area contributed by atoms with Crippen LogP contribution in [0.4, 0.5) is 0 Å². The van der Waals surface area contributed by atoms with Crippen molar-refractivity contribution in [1.29, 1.82) is 0 Å². The molecule has 1 heterocycles. The van der Waals surface area contributed by atoms with Gasteiger partial charge in [-0.2, -0.15) is 11.8 Å². The van der Waals surface area contributed by atoms with E-state index >= 15 is 0 Å². The molecule has 0 bridgehead atoms. The summed E-state index contributed by atoms with van der Waals surface area (Å²) in [5, 5.41) is 11.7. The molecule has 1 aliphatic heterocycles. The van der Waals surface area contributed by atoms with E-state index in [1.54, 1.807) is 0 Å². The fourth-order valence-electron chi connectivity index (χ4n) is 1.87. The second-order valence-corrected chi connectivity index (χ2v) is 6.33. The van der Waals surface area contributed by atoms with E-state index in [4.69, 9.17) is 15.7 Å². The Kier molecular flexibility index (Phi) is 6.12. The van der Waals surface area contributed by atoms with Gasteiger partial charge in [-0.25, -0.2) is 0 Å². The molecule has 100 valence electrons. The van der Waals surface area contributed by atoms with Gasteiger partial charge in [0.25, 0.3) is 0 Å². The Bertz CT molecular complexity index is 251. The summed E-state index contributed by atoms with van der Waals surface area (Å²) in [6.07, 6.45) is 4.92. The molecule has 1 fully saturated rings. The Labute approximate surface area is 108 Å². The normalized spacial score (nSPS) is 22.0. The van der Waals surface area contributed by atoms with E-state index in [2.05, 4.69) is 5.16 Å². The number of hydrogen-bond donors (Lipinski definition) is 2. The van der Waals surface area contributed by atoms with E-state index in [-0.39, 0.29) is 5.41 Å². The third kappa shape index (κ3) is 5.17. The molecule has 0 aromatic heterocycles. The van der Waals surface area contributed by atoms with Crippen LogP contribution in [0.15, 0.2) is 5.16 Å². The molecule has 0 aromatic carbocycles. The zero-order chi connectivity index (χ0) is 12.7. The van der Waals surface area contributed by atoms with Crippen LogP contribution in [0.5, 0.6) is 0 Å². The molecular weight excluding hydrogens is 236 g/mol. The Morgan fingerprint density at radius 2 is 2.35 bits per heavy atom. The van der Waals surface area contributed by atoms with Crippen molar-refractivity contribution in [2.24, 2.45) is 16.3 Å². The van der Waals surface area contributed by atoms with Crippen molar-refractivity contribution in [1.82, 2.24) is 0 Å². The van der Waals surface area contributed by atoms with Crippen LogP contribution in [-0.2, 0) is 4.74 Å². The van der Waals surface area contributed by atoms with Gasteiger partial charge in [-0.05, 0) is 31.4 Å². The van der Waals surface area contributed by atoms with Crippen molar-refractivity contribution >= 4 is 17.6 Å². The molecule has 0 aliphatic carbocycles.